The maximum Gasteiger partial charge on any atom is 0.119 e. The van der Waals surface area contributed by atoms with Crippen LogP contribution in [0.2, 0.25) is 0 Å². The zero-order chi connectivity index (χ0) is 21.0. The van der Waals surface area contributed by atoms with Gasteiger partial charge < -0.3 is 4.74 Å². The summed E-state index contributed by atoms with van der Waals surface area (Å²) in [5.41, 5.74) is 2.70. The van der Waals surface area contributed by atoms with Gasteiger partial charge in [0.05, 0.1) is 6.61 Å². The number of benzene rings is 1. The van der Waals surface area contributed by atoms with Gasteiger partial charge in [0.2, 0.25) is 0 Å². The SMILES string of the molecule is CCCCCCCCCCOc1ccc(C2=CCC([C@H]3CC[C@H](C)CC3)C=C2)cc1. The average Bonchev–Trinajstić information content (AvgIpc) is 2.79. The quantitative estimate of drug-likeness (QED) is 0.313. The molecule has 3 rings (SSSR count). The van der Waals surface area contributed by atoms with E-state index in [4.69, 9.17) is 4.74 Å². The largest absolute Gasteiger partial charge is 0.494 e. The van der Waals surface area contributed by atoms with E-state index in [2.05, 4.69) is 56.3 Å². The number of hydrogen-bond acceptors (Lipinski definition) is 1. The highest BCUT2D eigenvalue weighted by atomic mass is 16.5. The lowest BCUT2D eigenvalue weighted by atomic mass is 9.74. The molecule has 0 aliphatic heterocycles. The maximum absolute atomic E-state index is 5.96. The van der Waals surface area contributed by atoms with Gasteiger partial charge in [-0.1, -0.05) is 102 Å². The molecule has 1 atom stereocenters. The third-order valence-corrected chi connectivity index (χ3v) is 7.25. The van der Waals surface area contributed by atoms with Gasteiger partial charge in [0.25, 0.3) is 0 Å². The minimum absolute atomic E-state index is 0.760. The van der Waals surface area contributed by atoms with E-state index in [0.717, 1.165) is 30.1 Å². The van der Waals surface area contributed by atoms with Crippen molar-refractivity contribution in [1.82, 2.24) is 0 Å². The van der Waals surface area contributed by atoms with Crippen LogP contribution in [-0.4, -0.2) is 6.61 Å². The second kappa shape index (κ2) is 13.0. The Morgan fingerprint density at radius 3 is 2.13 bits per heavy atom. The Balaban J connectivity index is 1.33. The van der Waals surface area contributed by atoms with Gasteiger partial charge in [0, 0.05) is 0 Å². The van der Waals surface area contributed by atoms with E-state index in [0.29, 0.717) is 0 Å². The summed E-state index contributed by atoms with van der Waals surface area (Å²) >= 11 is 0. The molecule has 30 heavy (non-hydrogen) atoms. The summed E-state index contributed by atoms with van der Waals surface area (Å²) in [5.74, 6) is 3.62. The van der Waals surface area contributed by atoms with Crippen LogP contribution in [0.3, 0.4) is 0 Å². The Morgan fingerprint density at radius 1 is 0.833 bits per heavy atom. The van der Waals surface area contributed by atoms with Gasteiger partial charge in [-0.3, -0.25) is 0 Å². The van der Waals surface area contributed by atoms with Crippen molar-refractivity contribution in [2.45, 2.75) is 97.3 Å². The molecule has 2 aliphatic rings. The highest BCUT2D eigenvalue weighted by Crippen LogP contribution is 2.38. The fourth-order valence-electron chi connectivity index (χ4n) is 5.08. The summed E-state index contributed by atoms with van der Waals surface area (Å²) in [6, 6.07) is 8.73. The lowest BCUT2D eigenvalue weighted by molar-refractivity contribution is 0.240. The standard InChI is InChI=1S/C29H44O/c1-3-4-5-6-7-8-9-10-23-30-29-21-19-28(20-22-29)27-17-15-26(16-18-27)25-13-11-24(2)12-14-25/h15,17-22,24-26H,3-14,16,23H2,1-2H3/t24-,25-,26?. The van der Waals surface area contributed by atoms with Gasteiger partial charge in [0.1, 0.15) is 5.75 Å². The Kier molecular flexibility index (Phi) is 10.1. The smallest absolute Gasteiger partial charge is 0.119 e. The van der Waals surface area contributed by atoms with Crippen molar-refractivity contribution in [3.8, 4) is 5.75 Å². The first kappa shape index (κ1) is 23.2. The molecule has 1 aromatic carbocycles. The molecule has 1 saturated carbocycles. The number of ether oxygens (including phenoxy) is 1. The lowest BCUT2D eigenvalue weighted by Crippen LogP contribution is -2.20. The molecule has 166 valence electrons. The van der Waals surface area contributed by atoms with E-state index in [1.54, 1.807) is 0 Å². The van der Waals surface area contributed by atoms with Crippen LogP contribution in [0.25, 0.3) is 5.57 Å². The first-order chi connectivity index (χ1) is 14.8. The third-order valence-electron chi connectivity index (χ3n) is 7.25. The van der Waals surface area contributed by atoms with Gasteiger partial charge in [-0.15, -0.1) is 0 Å². The molecule has 1 aromatic rings. The molecular formula is C29H44O. The predicted octanol–water partition coefficient (Wildman–Crippen LogP) is 8.99. The Hall–Kier alpha value is -1.50. The average molecular weight is 409 g/mol. The predicted molar refractivity (Wildman–Crippen MR) is 131 cm³/mol. The molecule has 1 nitrogen and oxygen atoms in total. The van der Waals surface area contributed by atoms with E-state index in [1.165, 1.54) is 94.6 Å². The van der Waals surface area contributed by atoms with Crippen LogP contribution < -0.4 is 4.74 Å². The van der Waals surface area contributed by atoms with E-state index < -0.39 is 0 Å². The first-order valence-electron chi connectivity index (χ1n) is 12.9. The third kappa shape index (κ3) is 7.64. The molecule has 2 aliphatic carbocycles. The summed E-state index contributed by atoms with van der Waals surface area (Å²) < 4.78 is 5.96. The minimum Gasteiger partial charge on any atom is -0.494 e. The highest BCUT2D eigenvalue weighted by Gasteiger charge is 2.25. The van der Waals surface area contributed by atoms with Crippen molar-refractivity contribution in [1.29, 1.82) is 0 Å². The summed E-state index contributed by atoms with van der Waals surface area (Å²) in [7, 11) is 0. The van der Waals surface area contributed by atoms with Crippen LogP contribution in [0.15, 0.2) is 42.5 Å². The summed E-state index contributed by atoms with van der Waals surface area (Å²) in [6.45, 7) is 5.53. The molecule has 0 aromatic heterocycles. The number of allylic oxidation sites excluding steroid dienone is 4. The zero-order valence-corrected chi connectivity index (χ0v) is 19.6. The van der Waals surface area contributed by atoms with Crippen molar-refractivity contribution in [2.24, 2.45) is 17.8 Å². The molecule has 1 fully saturated rings. The summed E-state index contributed by atoms with van der Waals surface area (Å²) in [5, 5.41) is 0. The van der Waals surface area contributed by atoms with Crippen LogP contribution in [0.4, 0.5) is 0 Å². The van der Waals surface area contributed by atoms with Crippen molar-refractivity contribution in [2.75, 3.05) is 6.61 Å². The highest BCUT2D eigenvalue weighted by molar-refractivity contribution is 5.75. The molecular weight excluding hydrogens is 364 g/mol. The van der Waals surface area contributed by atoms with Crippen molar-refractivity contribution < 1.29 is 4.74 Å². The van der Waals surface area contributed by atoms with Crippen LogP contribution >= 0.6 is 0 Å². The molecule has 0 amide bonds. The Labute approximate surface area is 186 Å². The summed E-state index contributed by atoms with van der Waals surface area (Å²) in [4.78, 5) is 0. The van der Waals surface area contributed by atoms with Gasteiger partial charge in [-0.25, -0.2) is 0 Å². The van der Waals surface area contributed by atoms with Gasteiger partial charge >= 0.3 is 0 Å². The fraction of sp³-hybridized carbons (Fsp3) is 0.655. The summed E-state index contributed by atoms with van der Waals surface area (Å²) in [6.07, 6.45) is 25.0. The van der Waals surface area contributed by atoms with E-state index >= 15 is 0 Å². The van der Waals surface area contributed by atoms with Crippen molar-refractivity contribution >= 4 is 5.57 Å². The van der Waals surface area contributed by atoms with Gasteiger partial charge in [0.15, 0.2) is 0 Å². The maximum atomic E-state index is 5.96. The minimum atomic E-state index is 0.760. The van der Waals surface area contributed by atoms with Crippen LogP contribution in [-0.2, 0) is 0 Å². The molecule has 1 unspecified atom stereocenters. The van der Waals surface area contributed by atoms with Gasteiger partial charge in [-0.2, -0.15) is 0 Å². The molecule has 0 spiro atoms. The monoisotopic (exact) mass is 408 g/mol. The normalized spacial score (nSPS) is 23.9. The number of hydrogen-bond donors (Lipinski definition) is 0. The van der Waals surface area contributed by atoms with Gasteiger partial charge in [-0.05, 0) is 66.7 Å². The molecule has 0 bridgehead atoms. The molecule has 0 heterocycles. The number of rotatable bonds is 12. The molecule has 0 saturated heterocycles. The van der Waals surface area contributed by atoms with E-state index in [1.807, 2.05) is 0 Å². The second-order valence-corrected chi connectivity index (χ2v) is 9.79. The fourth-order valence-corrected chi connectivity index (χ4v) is 5.08. The van der Waals surface area contributed by atoms with Crippen LogP contribution in [0, 0.1) is 17.8 Å². The topological polar surface area (TPSA) is 9.23 Å². The lowest BCUT2D eigenvalue weighted by Gasteiger charge is -2.32. The number of unbranched alkanes of at least 4 members (excludes halogenated alkanes) is 7. The molecule has 1 heteroatoms. The van der Waals surface area contributed by atoms with Crippen molar-refractivity contribution in [3.63, 3.8) is 0 Å². The Bertz CT molecular complexity index is 645. The Morgan fingerprint density at radius 2 is 1.50 bits per heavy atom. The van der Waals surface area contributed by atoms with E-state index in [9.17, 15) is 0 Å². The van der Waals surface area contributed by atoms with E-state index in [-0.39, 0.29) is 0 Å². The molecule has 0 radical (unpaired) electrons. The van der Waals surface area contributed by atoms with Crippen molar-refractivity contribution in [3.05, 3.63) is 48.1 Å². The van der Waals surface area contributed by atoms with Crippen LogP contribution in [0.5, 0.6) is 5.75 Å². The van der Waals surface area contributed by atoms with Crippen LogP contribution in [0.1, 0.15) is 103 Å². The second-order valence-electron chi connectivity index (χ2n) is 9.79. The molecule has 0 N–H and O–H groups in total. The zero-order valence-electron chi connectivity index (χ0n) is 19.6. The first-order valence-corrected chi connectivity index (χ1v) is 12.9.